The molecule has 2 amide bonds. The van der Waals surface area contributed by atoms with Gasteiger partial charge in [0, 0.05) is 21.5 Å². The van der Waals surface area contributed by atoms with Gasteiger partial charge in [0.1, 0.15) is 0 Å². The van der Waals surface area contributed by atoms with E-state index in [0.717, 1.165) is 44.4 Å². The highest BCUT2D eigenvalue weighted by Crippen LogP contribution is 2.35. The number of rotatable bonds is 4. The van der Waals surface area contributed by atoms with E-state index < -0.39 is 0 Å². The summed E-state index contributed by atoms with van der Waals surface area (Å²) in [5.41, 5.74) is 6.30. The molecule has 0 spiro atoms. The number of carbonyl (C=O) groups is 2. The van der Waals surface area contributed by atoms with Gasteiger partial charge < -0.3 is 4.57 Å². The normalized spacial score (nSPS) is 15.5. The van der Waals surface area contributed by atoms with Gasteiger partial charge in [-0.15, -0.1) is 0 Å². The Bertz CT molecular complexity index is 1180. The van der Waals surface area contributed by atoms with Crippen molar-refractivity contribution in [2.24, 2.45) is 0 Å². The number of aromatic nitrogens is 1. The molecule has 2 aromatic carbocycles. The fourth-order valence-corrected chi connectivity index (χ4v) is 4.76. The predicted octanol–water partition coefficient (Wildman–Crippen LogP) is 6.40. The second kappa shape index (κ2) is 8.28. The standard InChI is InChI=1S/C24H21BrN2O2S/c1-15-6-4-5-7-21(15)27-16(2)12-19(17(27)3)13-22-23(28)26(24(29)30-22)14-18-8-10-20(25)11-9-18/h4-13H,14H2,1-3H3/b22-13-. The van der Waals surface area contributed by atoms with Crippen molar-refractivity contribution >= 4 is 44.9 Å². The summed E-state index contributed by atoms with van der Waals surface area (Å²) in [4.78, 5) is 27.2. The molecule has 1 fully saturated rings. The molecule has 152 valence electrons. The highest BCUT2D eigenvalue weighted by Gasteiger charge is 2.35. The lowest BCUT2D eigenvalue weighted by Gasteiger charge is -2.13. The van der Waals surface area contributed by atoms with Crippen molar-refractivity contribution in [3.8, 4) is 5.69 Å². The Labute approximate surface area is 188 Å². The van der Waals surface area contributed by atoms with Crippen LogP contribution in [0.1, 0.15) is 28.1 Å². The fraction of sp³-hybridized carbons (Fsp3) is 0.167. The van der Waals surface area contributed by atoms with Crippen LogP contribution < -0.4 is 0 Å². The number of carbonyl (C=O) groups excluding carboxylic acids is 2. The minimum absolute atomic E-state index is 0.234. The van der Waals surface area contributed by atoms with Crippen molar-refractivity contribution < 1.29 is 9.59 Å². The van der Waals surface area contributed by atoms with E-state index in [-0.39, 0.29) is 17.7 Å². The van der Waals surface area contributed by atoms with Crippen molar-refractivity contribution in [3.63, 3.8) is 0 Å². The number of aryl methyl sites for hydroxylation is 2. The highest BCUT2D eigenvalue weighted by atomic mass is 79.9. The van der Waals surface area contributed by atoms with Crippen LogP contribution in [-0.4, -0.2) is 20.6 Å². The Kier molecular flexibility index (Phi) is 5.71. The number of benzene rings is 2. The minimum atomic E-state index is -0.242. The molecular formula is C24H21BrN2O2S. The minimum Gasteiger partial charge on any atom is -0.318 e. The highest BCUT2D eigenvalue weighted by molar-refractivity contribution is 9.10. The van der Waals surface area contributed by atoms with Crippen LogP contribution in [0.3, 0.4) is 0 Å². The first kappa shape index (κ1) is 20.7. The number of hydrogen-bond donors (Lipinski definition) is 0. The Balaban J connectivity index is 1.63. The van der Waals surface area contributed by atoms with Crippen LogP contribution >= 0.6 is 27.7 Å². The van der Waals surface area contributed by atoms with Gasteiger partial charge in [0.25, 0.3) is 11.1 Å². The van der Waals surface area contributed by atoms with E-state index in [4.69, 9.17) is 0 Å². The van der Waals surface area contributed by atoms with Crippen LogP contribution in [0.2, 0.25) is 0 Å². The lowest BCUT2D eigenvalue weighted by atomic mass is 10.2. The summed E-state index contributed by atoms with van der Waals surface area (Å²) in [6.07, 6.45) is 1.84. The monoisotopic (exact) mass is 480 g/mol. The third-order valence-electron chi connectivity index (χ3n) is 5.24. The largest absolute Gasteiger partial charge is 0.318 e. The van der Waals surface area contributed by atoms with E-state index in [1.54, 1.807) is 0 Å². The maximum Gasteiger partial charge on any atom is 0.293 e. The molecule has 0 saturated carbocycles. The van der Waals surface area contributed by atoms with E-state index in [9.17, 15) is 9.59 Å². The zero-order valence-corrected chi connectivity index (χ0v) is 19.4. The van der Waals surface area contributed by atoms with Crippen LogP contribution in [0.4, 0.5) is 4.79 Å². The van der Waals surface area contributed by atoms with Gasteiger partial charge in [0.05, 0.1) is 11.4 Å². The third kappa shape index (κ3) is 3.89. The maximum absolute atomic E-state index is 12.9. The molecule has 6 heteroatoms. The second-order valence-electron chi connectivity index (χ2n) is 7.34. The lowest BCUT2D eigenvalue weighted by Crippen LogP contribution is -2.27. The molecule has 0 radical (unpaired) electrons. The Morgan fingerprint density at radius 1 is 1.00 bits per heavy atom. The van der Waals surface area contributed by atoms with Gasteiger partial charge in [-0.1, -0.05) is 46.3 Å². The van der Waals surface area contributed by atoms with E-state index in [2.05, 4.69) is 52.5 Å². The number of hydrogen-bond acceptors (Lipinski definition) is 3. The van der Waals surface area contributed by atoms with Crippen molar-refractivity contribution in [1.82, 2.24) is 9.47 Å². The van der Waals surface area contributed by atoms with Crippen LogP contribution in [0.25, 0.3) is 11.8 Å². The van der Waals surface area contributed by atoms with Gasteiger partial charge in [0.15, 0.2) is 0 Å². The third-order valence-corrected chi connectivity index (χ3v) is 6.68. The number of halogens is 1. The molecule has 0 bridgehead atoms. The molecule has 0 aliphatic carbocycles. The van der Waals surface area contributed by atoms with Crippen LogP contribution in [0, 0.1) is 20.8 Å². The fourth-order valence-electron chi connectivity index (χ4n) is 3.67. The van der Waals surface area contributed by atoms with Crippen molar-refractivity contribution in [3.05, 3.63) is 92.1 Å². The molecule has 1 aliphatic rings. The molecule has 30 heavy (non-hydrogen) atoms. The summed E-state index contributed by atoms with van der Waals surface area (Å²) in [6.45, 7) is 6.45. The van der Waals surface area contributed by atoms with Gasteiger partial charge in [-0.3, -0.25) is 14.5 Å². The summed E-state index contributed by atoms with van der Waals surface area (Å²) in [5, 5.41) is -0.234. The van der Waals surface area contributed by atoms with E-state index in [1.807, 2.05) is 49.4 Å². The number of nitrogens with zero attached hydrogens (tertiary/aromatic N) is 2. The summed E-state index contributed by atoms with van der Waals surface area (Å²) in [6, 6.07) is 17.9. The zero-order chi connectivity index (χ0) is 21.4. The Morgan fingerprint density at radius 3 is 2.40 bits per heavy atom. The molecule has 0 N–H and O–H groups in total. The van der Waals surface area contributed by atoms with Gasteiger partial charge in [-0.2, -0.15) is 0 Å². The van der Waals surface area contributed by atoms with E-state index in [1.165, 1.54) is 10.5 Å². The molecule has 4 rings (SSSR count). The second-order valence-corrected chi connectivity index (χ2v) is 9.25. The summed E-state index contributed by atoms with van der Waals surface area (Å²) in [5.74, 6) is -0.242. The number of para-hydroxylation sites is 1. The van der Waals surface area contributed by atoms with Crippen LogP contribution in [0.15, 0.2) is 64.0 Å². The van der Waals surface area contributed by atoms with E-state index >= 15 is 0 Å². The SMILES string of the molecule is Cc1ccccc1-n1c(C)cc(/C=C2\SC(=O)N(Cc3ccc(Br)cc3)C2=O)c1C. The van der Waals surface area contributed by atoms with Gasteiger partial charge >= 0.3 is 0 Å². The van der Waals surface area contributed by atoms with Crippen LogP contribution in [0.5, 0.6) is 0 Å². The molecule has 0 unspecified atom stereocenters. The molecule has 1 aromatic heterocycles. The molecule has 1 saturated heterocycles. The lowest BCUT2D eigenvalue weighted by molar-refractivity contribution is -0.123. The maximum atomic E-state index is 12.9. The van der Waals surface area contributed by atoms with Gasteiger partial charge in [-0.05, 0) is 79.6 Å². The number of thioether (sulfide) groups is 1. The molecular weight excluding hydrogens is 460 g/mol. The molecule has 0 atom stereocenters. The quantitative estimate of drug-likeness (QED) is 0.405. The Hall–Kier alpha value is -2.57. The topological polar surface area (TPSA) is 42.3 Å². The van der Waals surface area contributed by atoms with Gasteiger partial charge in [-0.25, -0.2) is 0 Å². The molecule has 4 nitrogen and oxygen atoms in total. The molecule has 3 aromatic rings. The first-order valence-corrected chi connectivity index (χ1v) is 11.2. The predicted molar refractivity (Wildman–Crippen MR) is 126 cm³/mol. The van der Waals surface area contributed by atoms with Crippen molar-refractivity contribution in [2.45, 2.75) is 27.3 Å². The molecule has 2 heterocycles. The number of amides is 2. The molecule has 1 aliphatic heterocycles. The Morgan fingerprint density at radius 2 is 1.70 bits per heavy atom. The average molecular weight is 481 g/mol. The van der Waals surface area contributed by atoms with Crippen LogP contribution in [-0.2, 0) is 11.3 Å². The van der Waals surface area contributed by atoms with Crippen molar-refractivity contribution in [2.75, 3.05) is 0 Å². The number of imide groups is 1. The smallest absolute Gasteiger partial charge is 0.293 e. The summed E-state index contributed by atoms with van der Waals surface area (Å²) in [7, 11) is 0. The first-order valence-electron chi connectivity index (χ1n) is 9.60. The van der Waals surface area contributed by atoms with Crippen molar-refractivity contribution in [1.29, 1.82) is 0 Å². The van der Waals surface area contributed by atoms with Gasteiger partial charge in [0.2, 0.25) is 0 Å². The summed E-state index contributed by atoms with van der Waals surface area (Å²) >= 11 is 4.40. The average Bonchev–Trinajstić information content (AvgIpc) is 3.14. The van der Waals surface area contributed by atoms with E-state index in [0.29, 0.717) is 4.91 Å². The zero-order valence-electron chi connectivity index (χ0n) is 17.0. The summed E-state index contributed by atoms with van der Waals surface area (Å²) < 4.78 is 3.15. The first-order chi connectivity index (χ1) is 14.3.